The lowest BCUT2D eigenvalue weighted by Crippen LogP contribution is -2.21. The molecule has 0 radical (unpaired) electrons. The summed E-state index contributed by atoms with van der Waals surface area (Å²) < 4.78 is 13.5. The van der Waals surface area contributed by atoms with Crippen LogP contribution in [0.25, 0.3) is 0 Å². The zero-order valence-electron chi connectivity index (χ0n) is 8.84. The number of alkyl halides is 1. The Balaban J connectivity index is 2.20. The van der Waals surface area contributed by atoms with E-state index in [1.54, 1.807) is 6.07 Å². The van der Waals surface area contributed by atoms with Gasteiger partial charge in [0, 0.05) is 24.8 Å². The molecule has 1 aliphatic rings. The van der Waals surface area contributed by atoms with E-state index in [1.807, 2.05) is 13.1 Å². The second-order valence-corrected chi connectivity index (χ2v) is 4.46. The van der Waals surface area contributed by atoms with Crippen LogP contribution in [0.4, 0.5) is 10.1 Å². The van der Waals surface area contributed by atoms with Crippen LogP contribution in [0.1, 0.15) is 18.4 Å². The summed E-state index contributed by atoms with van der Waals surface area (Å²) in [6, 6.07) is 5.14. The predicted octanol–water partition coefficient (Wildman–Crippen LogP) is 3.41. The third-order valence-electron chi connectivity index (χ3n) is 2.87. The molecular weight excluding hydrogens is 213 g/mol. The minimum atomic E-state index is -0.204. The molecule has 3 heteroatoms. The number of rotatable bonds is 4. The summed E-state index contributed by atoms with van der Waals surface area (Å²) in [5, 5.41) is 0. The van der Waals surface area contributed by atoms with Crippen LogP contribution >= 0.6 is 11.6 Å². The summed E-state index contributed by atoms with van der Waals surface area (Å²) in [5.41, 5.74) is 1.54. The molecule has 1 nitrogen and oxygen atoms in total. The van der Waals surface area contributed by atoms with Crippen LogP contribution in [0, 0.1) is 11.7 Å². The van der Waals surface area contributed by atoms with Crippen molar-refractivity contribution in [1.29, 1.82) is 0 Å². The lowest BCUT2D eigenvalue weighted by Gasteiger charge is -2.21. The summed E-state index contributed by atoms with van der Waals surface area (Å²) in [5.74, 6) is 0.823. The molecular formula is C12H15ClFN. The van der Waals surface area contributed by atoms with Gasteiger partial charge < -0.3 is 4.90 Å². The molecule has 0 saturated heterocycles. The second-order valence-electron chi connectivity index (χ2n) is 4.20. The molecule has 0 spiro atoms. The number of nitrogens with zero attached hydrogens (tertiary/aromatic N) is 1. The first-order valence-corrected chi connectivity index (χ1v) is 5.80. The molecule has 0 aliphatic heterocycles. The highest BCUT2D eigenvalue weighted by atomic mass is 35.5. The van der Waals surface area contributed by atoms with E-state index in [0.29, 0.717) is 5.56 Å². The maximum Gasteiger partial charge on any atom is 0.129 e. The largest absolute Gasteiger partial charge is 0.374 e. The van der Waals surface area contributed by atoms with Gasteiger partial charge >= 0.3 is 0 Å². The monoisotopic (exact) mass is 227 g/mol. The lowest BCUT2D eigenvalue weighted by molar-refractivity contribution is 0.615. The Labute approximate surface area is 94.8 Å². The Morgan fingerprint density at radius 3 is 2.80 bits per heavy atom. The van der Waals surface area contributed by atoms with Gasteiger partial charge in [-0.2, -0.15) is 0 Å². The minimum Gasteiger partial charge on any atom is -0.374 e. The van der Waals surface area contributed by atoms with Crippen LogP contribution in [0.3, 0.4) is 0 Å². The Morgan fingerprint density at radius 2 is 2.20 bits per heavy atom. The van der Waals surface area contributed by atoms with Crippen LogP contribution in [0.2, 0.25) is 0 Å². The van der Waals surface area contributed by atoms with Crippen LogP contribution in [-0.4, -0.2) is 13.6 Å². The van der Waals surface area contributed by atoms with Crippen molar-refractivity contribution in [3.8, 4) is 0 Å². The van der Waals surface area contributed by atoms with Crippen molar-refractivity contribution in [3.05, 3.63) is 29.6 Å². The van der Waals surface area contributed by atoms with Gasteiger partial charge in [-0.1, -0.05) is 6.07 Å². The Morgan fingerprint density at radius 1 is 1.47 bits per heavy atom. The molecule has 0 heterocycles. The van der Waals surface area contributed by atoms with E-state index in [4.69, 9.17) is 11.6 Å². The normalized spacial score (nSPS) is 15.4. The van der Waals surface area contributed by atoms with Gasteiger partial charge in [-0.05, 0) is 30.9 Å². The Bertz CT molecular complexity index is 349. The average molecular weight is 228 g/mol. The van der Waals surface area contributed by atoms with E-state index in [0.717, 1.165) is 18.2 Å². The van der Waals surface area contributed by atoms with Gasteiger partial charge in [0.05, 0.1) is 5.88 Å². The molecule has 1 aliphatic carbocycles. The maximum absolute atomic E-state index is 13.5. The van der Waals surface area contributed by atoms with Crippen LogP contribution in [0.15, 0.2) is 18.2 Å². The molecule has 0 N–H and O–H groups in total. The van der Waals surface area contributed by atoms with Gasteiger partial charge in [0.15, 0.2) is 0 Å². The average Bonchev–Trinajstić information content (AvgIpc) is 3.01. The molecule has 1 aromatic rings. The standard InChI is InChI=1S/C12H15ClFN/c1-15(8-9-5-6-9)12-4-2-3-11(14)10(12)7-13/h2-4,9H,5-8H2,1H3. The fraction of sp³-hybridized carbons (Fsp3) is 0.500. The van der Waals surface area contributed by atoms with Crippen molar-refractivity contribution in [2.75, 3.05) is 18.5 Å². The molecule has 1 aromatic carbocycles. The highest BCUT2D eigenvalue weighted by molar-refractivity contribution is 6.17. The minimum absolute atomic E-state index is 0.204. The van der Waals surface area contributed by atoms with Crippen LogP contribution in [-0.2, 0) is 5.88 Å². The fourth-order valence-electron chi connectivity index (χ4n) is 1.82. The molecule has 82 valence electrons. The zero-order chi connectivity index (χ0) is 10.8. The van der Waals surface area contributed by atoms with Crippen LogP contribution < -0.4 is 4.90 Å². The van der Waals surface area contributed by atoms with E-state index in [-0.39, 0.29) is 11.7 Å². The Kier molecular flexibility index (Phi) is 3.15. The first kappa shape index (κ1) is 10.7. The number of hydrogen-bond acceptors (Lipinski definition) is 1. The van der Waals surface area contributed by atoms with Gasteiger partial charge in [0.2, 0.25) is 0 Å². The summed E-state index contributed by atoms with van der Waals surface area (Å²) >= 11 is 5.77. The van der Waals surface area contributed by atoms with E-state index in [9.17, 15) is 4.39 Å². The van der Waals surface area contributed by atoms with Crippen molar-refractivity contribution in [3.63, 3.8) is 0 Å². The van der Waals surface area contributed by atoms with Gasteiger partial charge in [-0.25, -0.2) is 4.39 Å². The van der Waals surface area contributed by atoms with Gasteiger partial charge in [0.1, 0.15) is 5.82 Å². The number of hydrogen-bond donors (Lipinski definition) is 0. The predicted molar refractivity (Wildman–Crippen MR) is 62.0 cm³/mol. The van der Waals surface area contributed by atoms with E-state index < -0.39 is 0 Å². The summed E-state index contributed by atoms with van der Waals surface area (Å²) in [7, 11) is 2.00. The van der Waals surface area contributed by atoms with Crippen molar-refractivity contribution in [1.82, 2.24) is 0 Å². The molecule has 2 rings (SSSR count). The molecule has 15 heavy (non-hydrogen) atoms. The van der Waals surface area contributed by atoms with E-state index >= 15 is 0 Å². The SMILES string of the molecule is CN(CC1CC1)c1cccc(F)c1CCl. The molecule has 1 fully saturated rings. The molecule has 0 amide bonds. The van der Waals surface area contributed by atoms with Crippen molar-refractivity contribution in [2.24, 2.45) is 5.92 Å². The van der Waals surface area contributed by atoms with Crippen molar-refractivity contribution in [2.45, 2.75) is 18.7 Å². The quantitative estimate of drug-likeness (QED) is 0.713. The number of anilines is 1. The van der Waals surface area contributed by atoms with Gasteiger partial charge in [-0.3, -0.25) is 0 Å². The molecule has 0 aromatic heterocycles. The molecule has 1 saturated carbocycles. The summed E-state index contributed by atoms with van der Waals surface area (Å²) in [6.07, 6.45) is 2.60. The third kappa shape index (κ3) is 2.43. The highest BCUT2D eigenvalue weighted by Crippen LogP contribution is 2.32. The summed E-state index contributed by atoms with van der Waals surface area (Å²) in [4.78, 5) is 2.11. The molecule has 0 bridgehead atoms. The number of halogens is 2. The third-order valence-corrected chi connectivity index (χ3v) is 3.14. The van der Waals surface area contributed by atoms with Crippen molar-refractivity contribution < 1.29 is 4.39 Å². The number of benzene rings is 1. The molecule has 0 atom stereocenters. The Hall–Kier alpha value is -0.760. The fourth-order valence-corrected chi connectivity index (χ4v) is 2.09. The van der Waals surface area contributed by atoms with E-state index in [1.165, 1.54) is 18.9 Å². The maximum atomic E-state index is 13.5. The van der Waals surface area contributed by atoms with Gasteiger partial charge in [-0.15, -0.1) is 11.6 Å². The van der Waals surface area contributed by atoms with E-state index in [2.05, 4.69) is 4.90 Å². The smallest absolute Gasteiger partial charge is 0.129 e. The van der Waals surface area contributed by atoms with Crippen LogP contribution in [0.5, 0.6) is 0 Å². The second kappa shape index (κ2) is 4.40. The topological polar surface area (TPSA) is 3.24 Å². The highest BCUT2D eigenvalue weighted by Gasteiger charge is 2.24. The zero-order valence-corrected chi connectivity index (χ0v) is 9.60. The first-order valence-electron chi connectivity index (χ1n) is 5.27. The van der Waals surface area contributed by atoms with Crippen molar-refractivity contribution >= 4 is 17.3 Å². The molecule has 0 unspecified atom stereocenters. The summed E-state index contributed by atoms with van der Waals surface area (Å²) in [6.45, 7) is 1.01. The van der Waals surface area contributed by atoms with Gasteiger partial charge in [0.25, 0.3) is 0 Å². The lowest BCUT2D eigenvalue weighted by atomic mass is 10.1. The first-order chi connectivity index (χ1) is 7.22.